The van der Waals surface area contributed by atoms with Gasteiger partial charge in [-0.25, -0.2) is 4.79 Å². The molecule has 0 fully saturated rings. The lowest BCUT2D eigenvalue weighted by Gasteiger charge is -2.07. The van der Waals surface area contributed by atoms with Gasteiger partial charge in [-0.2, -0.15) is 0 Å². The molecule has 0 bridgehead atoms. The Bertz CT molecular complexity index is 511. The topological polar surface area (TPSA) is 61.4 Å². The highest BCUT2D eigenvalue weighted by Crippen LogP contribution is 2.26. The number of hydrogen-bond acceptors (Lipinski definition) is 3. The molecule has 1 aromatic heterocycles. The second-order valence-electron chi connectivity index (χ2n) is 3.66. The van der Waals surface area contributed by atoms with Gasteiger partial charge in [-0.3, -0.25) is 0 Å². The quantitative estimate of drug-likeness (QED) is 0.793. The lowest BCUT2D eigenvalue weighted by atomic mass is 10.1. The minimum absolute atomic E-state index is 0.0668. The number of nitrogens with one attached hydrogen (secondary N) is 2. The Labute approximate surface area is 109 Å². The number of carbonyl (C=O) groups excluding carboxylic acids is 1. The number of benzene rings is 1. The van der Waals surface area contributed by atoms with Crippen LogP contribution in [0.5, 0.6) is 0 Å². The Kier molecular flexibility index (Phi) is 4.33. The first-order chi connectivity index (χ1) is 8.79. The molecule has 0 aliphatic carbocycles. The third-order valence-electron chi connectivity index (χ3n) is 2.32. The molecule has 2 aromatic rings. The van der Waals surface area contributed by atoms with Gasteiger partial charge < -0.3 is 15.7 Å². The molecule has 4 nitrogen and oxygen atoms in total. The molecule has 0 saturated heterocycles. The van der Waals surface area contributed by atoms with Crippen LogP contribution < -0.4 is 10.6 Å². The summed E-state index contributed by atoms with van der Waals surface area (Å²) in [6, 6.07) is 11.4. The molecule has 94 valence electrons. The number of aliphatic hydroxyl groups excluding tert-OH is 1. The van der Waals surface area contributed by atoms with Gasteiger partial charge in [0.05, 0.1) is 6.61 Å². The Balaban J connectivity index is 2.06. The van der Waals surface area contributed by atoms with Crippen LogP contribution in [0.4, 0.5) is 10.5 Å². The van der Waals surface area contributed by atoms with E-state index in [1.807, 2.05) is 41.8 Å². The zero-order valence-corrected chi connectivity index (χ0v) is 10.5. The molecule has 2 rings (SSSR count). The van der Waals surface area contributed by atoms with Crippen molar-refractivity contribution in [1.82, 2.24) is 5.32 Å². The summed E-state index contributed by atoms with van der Waals surface area (Å²) in [5.74, 6) is 0. The van der Waals surface area contributed by atoms with Crippen molar-refractivity contribution >= 4 is 23.1 Å². The largest absolute Gasteiger partial charge is 0.395 e. The second-order valence-corrected chi connectivity index (χ2v) is 4.61. The van der Waals surface area contributed by atoms with Crippen LogP contribution >= 0.6 is 11.3 Å². The van der Waals surface area contributed by atoms with Crippen molar-refractivity contribution in [3.8, 4) is 10.4 Å². The van der Waals surface area contributed by atoms with E-state index in [0.29, 0.717) is 0 Å². The minimum Gasteiger partial charge on any atom is -0.395 e. The molecule has 18 heavy (non-hydrogen) atoms. The van der Waals surface area contributed by atoms with Crippen molar-refractivity contribution in [1.29, 1.82) is 0 Å². The summed E-state index contributed by atoms with van der Waals surface area (Å²) in [5, 5.41) is 15.9. The third kappa shape index (κ3) is 3.32. The van der Waals surface area contributed by atoms with E-state index < -0.39 is 0 Å². The van der Waals surface area contributed by atoms with Gasteiger partial charge in [0.15, 0.2) is 0 Å². The molecule has 0 radical (unpaired) electrons. The SMILES string of the molecule is O=C(NCCO)Nc1cccc(-c2cccs2)c1. The average molecular weight is 262 g/mol. The Morgan fingerprint density at radius 1 is 1.28 bits per heavy atom. The summed E-state index contributed by atoms with van der Waals surface area (Å²) in [7, 11) is 0. The normalized spacial score (nSPS) is 10.1. The van der Waals surface area contributed by atoms with Crippen molar-refractivity contribution in [3.05, 3.63) is 41.8 Å². The van der Waals surface area contributed by atoms with Gasteiger partial charge in [-0.1, -0.05) is 18.2 Å². The van der Waals surface area contributed by atoms with E-state index in [4.69, 9.17) is 5.11 Å². The Morgan fingerprint density at radius 3 is 2.89 bits per heavy atom. The monoisotopic (exact) mass is 262 g/mol. The van der Waals surface area contributed by atoms with Gasteiger partial charge in [0, 0.05) is 17.1 Å². The Hall–Kier alpha value is -1.85. The predicted molar refractivity (Wildman–Crippen MR) is 73.9 cm³/mol. The molecule has 1 heterocycles. The van der Waals surface area contributed by atoms with E-state index in [2.05, 4.69) is 10.6 Å². The van der Waals surface area contributed by atoms with Crippen LogP contribution in [0.1, 0.15) is 0 Å². The van der Waals surface area contributed by atoms with E-state index in [1.165, 1.54) is 0 Å². The summed E-state index contributed by atoms with van der Waals surface area (Å²) in [5.41, 5.74) is 1.81. The van der Waals surface area contributed by atoms with Gasteiger partial charge in [-0.05, 0) is 29.1 Å². The fraction of sp³-hybridized carbons (Fsp3) is 0.154. The predicted octanol–water partition coefficient (Wildman–Crippen LogP) is 2.53. The number of amides is 2. The van der Waals surface area contributed by atoms with E-state index in [-0.39, 0.29) is 19.2 Å². The van der Waals surface area contributed by atoms with Gasteiger partial charge in [0.2, 0.25) is 0 Å². The molecule has 0 saturated carbocycles. The maximum absolute atomic E-state index is 11.4. The number of rotatable bonds is 4. The molecule has 0 aliphatic rings. The number of urea groups is 1. The first-order valence-corrected chi connectivity index (χ1v) is 6.47. The average Bonchev–Trinajstić information content (AvgIpc) is 2.90. The second kappa shape index (κ2) is 6.18. The van der Waals surface area contributed by atoms with E-state index in [1.54, 1.807) is 11.3 Å². The molecule has 0 atom stereocenters. The van der Waals surface area contributed by atoms with Crippen LogP contribution in [-0.2, 0) is 0 Å². The molecular formula is C13H14N2O2S. The lowest BCUT2D eigenvalue weighted by molar-refractivity contribution is 0.245. The number of carbonyl (C=O) groups is 1. The third-order valence-corrected chi connectivity index (χ3v) is 3.24. The van der Waals surface area contributed by atoms with Gasteiger partial charge in [0.1, 0.15) is 0 Å². The number of thiophene rings is 1. The smallest absolute Gasteiger partial charge is 0.319 e. The first kappa shape index (κ1) is 12.6. The molecule has 1 aromatic carbocycles. The standard InChI is InChI=1S/C13H14N2O2S/c16-7-6-14-13(17)15-11-4-1-3-10(9-11)12-5-2-8-18-12/h1-5,8-9,16H,6-7H2,(H2,14,15,17). The Morgan fingerprint density at radius 2 is 2.17 bits per heavy atom. The summed E-state index contributed by atoms with van der Waals surface area (Å²) in [6.07, 6.45) is 0. The van der Waals surface area contributed by atoms with Crippen molar-refractivity contribution in [2.45, 2.75) is 0 Å². The molecular weight excluding hydrogens is 248 g/mol. The number of hydrogen-bond donors (Lipinski definition) is 3. The fourth-order valence-corrected chi connectivity index (χ4v) is 2.26. The van der Waals surface area contributed by atoms with Gasteiger partial charge in [0.25, 0.3) is 0 Å². The van der Waals surface area contributed by atoms with E-state index in [0.717, 1.165) is 16.1 Å². The number of anilines is 1. The zero-order valence-electron chi connectivity index (χ0n) is 9.72. The summed E-state index contributed by atoms with van der Waals surface area (Å²) < 4.78 is 0. The van der Waals surface area contributed by atoms with Crippen molar-refractivity contribution in [3.63, 3.8) is 0 Å². The molecule has 3 N–H and O–H groups in total. The first-order valence-electron chi connectivity index (χ1n) is 5.59. The zero-order chi connectivity index (χ0) is 12.8. The molecule has 0 unspecified atom stereocenters. The highest BCUT2D eigenvalue weighted by atomic mass is 32.1. The van der Waals surface area contributed by atoms with Crippen LogP contribution in [0.2, 0.25) is 0 Å². The molecule has 5 heteroatoms. The van der Waals surface area contributed by atoms with Crippen molar-refractivity contribution in [2.24, 2.45) is 0 Å². The van der Waals surface area contributed by atoms with Gasteiger partial charge in [-0.15, -0.1) is 11.3 Å². The van der Waals surface area contributed by atoms with Crippen molar-refractivity contribution < 1.29 is 9.90 Å². The molecule has 0 aliphatic heterocycles. The van der Waals surface area contributed by atoms with Gasteiger partial charge >= 0.3 is 6.03 Å². The summed E-state index contributed by atoms with van der Waals surface area (Å²) in [4.78, 5) is 12.6. The lowest BCUT2D eigenvalue weighted by Crippen LogP contribution is -2.30. The van der Waals surface area contributed by atoms with Crippen LogP contribution in [-0.4, -0.2) is 24.3 Å². The van der Waals surface area contributed by atoms with Crippen LogP contribution in [0.3, 0.4) is 0 Å². The number of aliphatic hydroxyl groups is 1. The highest BCUT2D eigenvalue weighted by Gasteiger charge is 2.03. The van der Waals surface area contributed by atoms with E-state index in [9.17, 15) is 4.79 Å². The summed E-state index contributed by atoms with van der Waals surface area (Å²) >= 11 is 1.66. The molecule has 0 spiro atoms. The fourth-order valence-electron chi connectivity index (χ4n) is 1.54. The van der Waals surface area contributed by atoms with E-state index >= 15 is 0 Å². The summed E-state index contributed by atoms with van der Waals surface area (Å²) in [6.45, 7) is 0.180. The van der Waals surface area contributed by atoms with Crippen LogP contribution in [0.15, 0.2) is 41.8 Å². The maximum atomic E-state index is 11.4. The molecule has 2 amide bonds. The van der Waals surface area contributed by atoms with Crippen LogP contribution in [0.25, 0.3) is 10.4 Å². The maximum Gasteiger partial charge on any atom is 0.319 e. The van der Waals surface area contributed by atoms with Crippen molar-refractivity contribution in [2.75, 3.05) is 18.5 Å². The van der Waals surface area contributed by atoms with Crippen LogP contribution in [0, 0.1) is 0 Å². The highest BCUT2D eigenvalue weighted by molar-refractivity contribution is 7.13. The minimum atomic E-state index is -0.313.